The van der Waals surface area contributed by atoms with Crippen molar-refractivity contribution in [1.82, 2.24) is 14.7 Å². The lowest BCUT2D eigenvalue weighted by molar-refractivity contribution is -0.140. The van der Waals surface area contributed by atoms with E-state index < -0.39 is 12.0 Å². The standard InChI is InChI=1S/C8H11N3O3S2/c1-4-9-8(16-11-4)15-3-6(7(13)14)10-5(2)12/h6H,3H2,1-2H3,(H,10,12)(H,13,14). The average molecular weight is 261 g/mol. The molecule has 0 saturated heterocycles. The molecule has 1 heterocycles. The summed E-state index contributed by atoms with van der Waals surface area (Å²) >= 11 is 2.49. The molecule has 88 valence electrons. The van der Waals surface area contributed by atoms with E-state index in [0.717, 1.165) is 0 Å². The van der Waals surface area contributed by atoms with Gasteiger partial charge in [0.2, 0.25) is 5.91 Å². The second-order valence-electron chi connectivity index (χ2n) is 3.01. The van der Waals surface area contributed by atoms with Crippen LogP contribution in [-0.4, -0.2) is 38.1 Å². The first-order chi connectivity index (χ1) is 7.49. The van der Waals surface area contributed by atoms with Gasteiger partial charge in [0.1, 0.15) is 11.9 Å². The van der Waals surface area contributed by atoms with Crippen LogP contribution in [-0.2, 0) is 9.59 Å². The predicted octanol–water partition coefficient (Wildman–Crippen LogP) is 0.528. The van der Waals surface area contributed by atoms with E-state index in [1.807, 2.05) is 0 Å². The number of aryl methyl sites for hydroxylation is 1. The summed E-state index contributed by atoms with van der Waals surface area (Å²) in [6.07, 6.45) is 0. The number of carbonyl (C=O) groups is 2. The minimum Gasteiger partial charge on any atom is -0.480 e. The number of carbonyl (C=O) groups excluding carboxylic acids is 1. The highest BCUT2D eigenvalue weighted by molar-refractivity contribution is 8.01. The molecular formula is C8H11N3O3S2. The average Bonchev–Trinajstić information content (AvgIpc) is 2.58. The third-order valence-corrected chi connectivity index (χ3v) is 3.58. The van der Waals surface area contributed by atoms with Crippen LogP contribution in [0.5, 0.6) is 0 Å². The Hall–Kier alpha value is -1.15. The molecule has 2 N–H and O–H groups in total. The van der Waals surface area contributed by atoms with Crippen LogP contribution in [0.15, 0.2) is 4.34 Å². The van der Waals surface area contributed by atoms with Crippen LogP contribution in [0.1, 0.15) is 12.7 Å². The first-order valence-electron chi connectivity index (χ1n) is 4.42. The number of nitrogens with zero attached hydrogens (tertiary/aromatic N) is 2. The predicted molar refractivity (Wildman–Crippen MR) is 60.6 cm³/mol. The largest absolute Gasteiger partial charge is 0.480 e. The molecule has 6 nitrogen and oxygen atoms in total. The molecular weight excluding hydrogens is 250 g/mol. The maximum Gasteiger partial charge on any atom is 0.327 e. The van der Waals surface area contributed by atoms with Gasteiger partial charge in [0.05, 0.1) is 0 Å². The number of rotatable bonds is 5. The zero-order valence-corrected chi connectivity index (χ0v) is 10.4. The van der Waals surface area contributed by atoms with E-state index >= 15 is 0 Å². The third kappa shape index (κ3) is 4.15. The lowest BCUT2D eigenvalue weighted by Crippen LogP contribution is -2.41. The molecule has 0 fully saturated rings. The van der Waals surface area contributed by atoms with E-state index in [9.17, 15) is 9.59 Å². The monoisotopic (exact) mass is 261 g/mol. The lowest BCUT2D eigenvalue weighted by atomic mass is 10.3. The van der Waals surface area contributed by atoms with Gasteiger partial charge < -0.3 is 10.4 Å². The first kappa shape index (κ1) is 12.9. The van der Waals surface area contributed by atoms with Gasteiger partial charge in [0, 0.05) is 12.7 Å². The molecule has 0 aliphatic heterocycles. The van der Waals surface area contributed by atoms with Gasteiger partial charge in [-0.05, 0) is 18.5 Å². The van der Waals surface area contributed by atoms with E-state index in [4.69, 9.17) is 5.11 Å². The summed E-state index contributed by atoms with van der Waals surface area (Å²) < 4.78 is 4.68. The Morgan fingerprint density at radius 2 is 2.31 bits per heavy atom. The fourth-order valence-electron chi connectivity index (χ4n) is 0.911. The van der Waals surface area contributed by atoms with Gasteiger partial charge >= 0.3 is 5.97 Å². The van der Waals surface area contributed by atoms with E-state index in [1.165, 1.54) is 30.2 Å². The highest BCUT2D eigenvalue weighted by atomic mass is 32.2. The van der Waals surface area contributed by atoms with Crippen LogP contribution in [0.4, 0.5) is 0 Å². The molecule has 0 bridgehead atoms. The molecule has 0 radical (unpaired) electrons. The van der Waals surface area contributed by atoms with Gasteiger partial charge in [0.25, 0.3) is 0 Å². The quantitative estimate of drug-likeness (QED) is 0.751. The first-order valence-corrected chi connectivity index (χ1v) is 6.18. The number of hydrogen-bond acceptors (Lipinski definition) is 6. The zero-order valence-electron chi connectivity index (χ0n) is 8.76. The van der Waals surface area contributed by atoms with Gasteiger partial charge in [-0.3, -0.25) is 4.79 Å². The van der Waals surface area contributed by atoms with Crippen LogP contribution in [0, 0.1) is 6.92 Å². The van der Waals surface area contributed by atoms with Crippen molar-refractivity contribution < 1.29 is 14.7 Å². The highest BCUT2D eigenvalue weighted by Gasteiger charge is 2.19. The molecule has 8 heteroatoms. The summed E-state index contributed by atoms with van der Waals surface area (Å²) in [5.41, 5.74) is 0. The van der Waals surface area contributed by atoms with Crippen molar-refractivity contribution in [3.8, 4) is 0 Å². The van der Waals surface area contributed by atoms with Gasteiger partial charge in [-0.15, -0.1) is 0 Å². The number of thioether (sulfide) groups is 1. The van der Waals surface area contributed by atoms with Crippen LogP contribution in [0.3, 0.4) is 0 Å². The van der Waals surface area contributed by atoms with Gasteiger partial charge in [0.15, 0.2) is 4.34 Å². The van der Waals surface area contributed by atoms with E-state index in [1.54, 1.807) is 6.92 Å². The van der Waals surface area contributed by atoms with Crippen molar-refractivity contribution >= 4 is 35.2 Å². The number of aliphatic carboxylic acids is 1. The smallest absolute Gasteiger partial charge is 0.327 e. The molecule has 1 amide bonds. The minimum atomic E-state index is -1.05. The number of amides is 1. The van der Waals surface area contributed by atoms with Crippen LogP contribution >= 0.6 is 23.3 Å². The molecule has 1 aromatic heterocycles. The topological polar surface area (TPSA) is 92.2 Å². The maximum atomic E-state index is 10.8. The number of carboxylic acid groups (broad SMARTS) is 1. The number of carboxylic acids is 1. The fraction of sp³-hybridized carbons (Fsp3) is 0.500. The molecule has 0 spiro atoms. The summed E-state index contributed by atoms with van der Waals surface area (Å²) in [5.74, 6) is -0.506. The Morgan fingerprint density at radius 1 is 1.62 bits per heavy atom. The Balaban J connectivity index is 2.50. The third-order valence-electron chi connectivity index (χ3n) is 1.56. The maximum absolute atomic E-state index is 10.8. The Kier molecular flexibility index (Phi) is 4.69. The normalized spacial score (nSPS) is 12.1. The summed E-state index contributed by atoms with van der Waals surface area (Å²) in [4.78, 5) is 25.7. The zero-order chi connectivity index (χ0) is 12.1. The van der Waals surface area contributed by atoms with Gasteiger partial charge in [-0.25, -0.2) is 9.78 Å². The molecule has 1 rings (SSSR count). The Bertz CT molecular complexity index is 394. The molecule has 0 aliphatic rings. The van der Waals surface area contributed by atoms with Crippen LogP contribution in [0.25, 0.3) is 0 Å². The molecule has 0 saturated carbocycles. The van der Waals surface area contributed by atoms with Crippen LogP contribution in [0.2, 0.25) is 0 Å². The van der Waals surface area contributed by atoms with Crippen molar-refractivity contribution in [2.75, 3.05) is 5.75 Å². The van der Waals surface area contributed by atoms with Gasteiger partial charge in [-0.1, -0.05) is 11.8 Å². The van der Waals surface area contributed by atoms with Crippen molar-refractivity contribution in [2.45, 2.75) is 24.2 Å². The van der Waals surface area contributed by atoms with Crippen LogP contribution < -0.4 is 5.32 Å². The summed E-state index contributed by atoms with van der Waals surface area (Å²) in [6, 6.07) is -0.897. The second-order valence-corrected chi connectivity index (χ2v) is 5.03. The van der Waals surface area contributed by atoms with E-state index in [0.29, 0.717) is 10.2 Å². The second kappa shape index (κ2) is 5.80. The van der Waals surface area contributed by atoms with Crippen molar-refractivity contribution in [2.24, 2.45) is 0 Å². The van der Waals surface area contributed by atoms with Crippen molar-refractivity contribution in [3.63, 3.8) is 0 Å². The van der Waals surface area contributed by atoms with Crippen molar-refractivity contribution in [1.29, 1.82) is 0 Å². The lowest BCUT2D eigenvalue weighted by Gasteiger charge is -2.11. The summed E-state index contributed by atoms with van der Waals surface area (Å²) in [6.45, 7) is 3.05. The minimum absolute atomic E-state index is 0.240. The Morgan fingerprint density at radius 3 is 2.75 bits per heavy atom. The molecule has 1 atom stereocenters. The highest BCUT2D eigenvalue weighted by Crippen LogP contribution is 2.20. The molecule has 1 aromatic rings. The number of aromatic nitrogens is 2. The molecule has 0 aromatic carbocycles. The van der Waals surface area contributed by atoms with Gasteiger partial charge in [-0.2, -0.15) is 4.37 Å². The van der Waals surface area contributed by atoms with E-state index in [2.05, 4.69) is 14.7 Å². The summed E-state index contributed by atoms with van der Waals surface area (Å²) in [7, 11) is 0. The molecule has 1 unspecified atom stereocenters. The number of hydrogen-bond donors (Lipinski definition) is 2. The Labute approximate surface area is 101 Å². The fourth-order valence-corrected chi connectivity index (χ4v) is 2.59. The number of nitrogens with one attached hydrogen (secondary N) is 1. The molecule has 16 heavy (non-hydrogen) atoms. The SMILES string of the molecule is CC(=O)NC(CSc1nc(C)ns1)C(=O)O. The molecule has 0 aliphatic carbocycles. The summed E-state index contributed by atoms with van der Waals surface area (Å²) in [5, 5.41) is 11.2. The van der Waals surface area contributed by atoms with Crippen molar-refractivity contribution in [3.05, 3.63) is 5.82 Å². The van der Waals surface area contributed by atoms with E-state index in [-0.39, 0.29) is 11.7 Å².